The number of aromatic nitrogens is 1. The lowest BCUT2D eigenvalue weighted by Gasteiger charge is -2.34. The van der Waals surface area contributed by atoms with Crippen LogP contribution in [0.25, 0.3) is 0 Å². The van der Waals surface area contributed by atoms with Gasteiger partial charge in [0, 0.05) is 37.4 Å². The molecule has 0 aliphatic carbocycles. The first kappa shape index (κ1) is 25.6. The number of carbonyl (C=O) groups excluding carboxylic acids is 2. The second-order valence-corrected chi connectivity index (χ2v) is 9.00. The second-order valence-electron chi connectivity index (χ2n) is 8.57. The molecule has 1 saturated heterocycles. The van der Waals surface area contributed by atoms with E-state index in [1.807, 2.05) is 37.4 Å². The molecule has 1 aliphatic rings. The summed E-state index contributed by atoms with van der Waals surface area (Å²) in [5, 5.41) is 3.42. The predicted octanol–water partition coefficient (Wildman–Crippen LogP) is 3.62. The number of hydrogen-bond acceptors (Lipinski definition) is 6. The molecule has 2 aromatic carbocycles. The number of pyridine rings is 1. The van der Waals surface area contributed by atoms with Gasteiger partial charge in [0.25, 0.3) is 5.91 Å². The van der Waals surface area contributed by atoms with Crippen LogP contribution in [0.2, 0.25) is 5.02 Å². The van der Waals surface area contributed by atoms with Crippen LogP contribution < -0.4 is 10.1 Å². The van der Waals surface area contributed by atoms with Gasteiger partial charge in [-0.3, -0.25) is 9.59 Å². The standard InChI is InChI=1S/C27H29ClN4O4/c1-31-14-16-32(17-15-31)27(34)24(19-35-18-20-6-3-2-4-7-20)30-25(33)23-8-5-13-29-26(23)36-22-11-9-21(28)10-12-22/h2-13,24H,14-19H2,1H3,(H,30,33)/t24-/m0/s1. The van der Waals surface area contributed by atoms with Crippen molar-refractivity contribution in [2.45, 2.75) is 12.6 Å². The van der Waals surface area contributed by atoms with Gasteiger partial charge in [0.1, 0.15) is 17.4 Å². The zero-order chi connectivity index (χ0) is 25.3. The zero-order valence-electron chi connectivity index (χ0n) is 20.1. The Morgan fingerprint density at radius 1 is 1.00 bits per heavy atom. The van der Waals surface area contributed by atoms with Crippen molar-refractivity contribution in [1.82, 2.24) is 20.1 Å². The molecule has 1 aromatic heterocycles. The van der Waals surface area contributed by atoms with Crippen molar-refractivity contribution in [1.29, 1.82) is 0 Å². The third-order valence-corrected chi connectivity index (χ3v) is 6.11. The number of ether oxygens (including phenoxy) is 2. The van der Waals surface area contributed by atoms with Crippen molar-refractivity contribution in [2.24, 2.45) is 0 Å². The first-order valence-electron chi connectivity index (χ1n) is 11.8. The van der Waals surface area contributed by atoms with E-state index in [4.69, 9.17) is 21.1 Å². The Kier molecular flexibility index (Phi) is 8.89. The molecule has 36 heavy (non-hydrogen) atoms. The van der Waals surface area contributed by atoms with Crippen LogP contribution in [-0.4, -0.2) is 72.5 Å². The van der Waals surface area contributed by atoms with E-state index >= 15 is 0 Å². The monoisotopic (exact) mass is 508 g/mol. The number of nitrogens with one attached hydrogen (secondary N) is 1. The molecular weight excluding hydrogens is 480 g/mol. The van der Waals surface area contributed by atoms with Crippen LogP contribution in [0.5, 0.6) is 11.6 Å². The number of halogens is 1. The van der Waals surface area contributed by atoms with Gasteiger partial charge in [-0.1, -0.05) is 41.9 Å². The number of amides is 2. The van der Waals surface area contributed by atoms with Gasteiger partial charge in [0.2, 0.25) is 11.8 Å². The van der Waals surface area contributed by atoms with Crippen LogP contribution in [0.3, 0.4) is 0 Å². The summed E-state index contributed by atoms with van der Waals surface area (Å²) in [5.41, 5.74) is 1.20. The second kappa shape index (κ2) is 12.5. The summed E-state index contributed by atoms with van der Waals surface area (Å²) < 4.78 is 11.7. The quantitative estimate of drug-likeness (QED) is 0.475. The van der Waals surface area contributed by atoms with Crippen molar-refractivity contribution in [2.75, 3.05) is 39.8 Å². The highest BCUT2D eigenvalue weighted by molar-refractivity contribution is 6.30. The van der Waals surface area contributed by atoms with E-state index in [1.54, 1.807) is 41.3 Å². The number of rotatable bonds is 9. The Labute approximate surface area is 215 Å². The lowest BCUT2D eigenvalue weighted by molar-refractivity contribution is -0.136. The minimum absolute atomic E-state index is 0.0411. The Morgan fingerprint density at radius 3 is 2.44 bits per heavy atom. The summed E-state index contributed by atoms with van der Waals surface area (Å²) in [4.78, 5) is 34.8. The van der Waals surface area contributed by atoms with Gasteiger partial charge in [0.05, 0.1) is 13.2 Å². The van der Waals surface area contributed by atoms with Crippen molar-refractivity contribution >= 4 is 23.4 Å². The summed E-state index contributed by atoms with van der Waals surface area (Å²) in [5.74, 6) is -0.0202. The molecule has 4 rings (SSSR count). The maximum Gasteiger partial charge on any atom is 0.257 e. The summed E-state index contributed by atoms with van der Waals surface area (Å²) in [6, 6.07) is 18.8. The molecule has 1 aliphatic heterocycles. The summed E-state index contributed by atoms with van der Waals surface area (Å²) in [6.45, 7) is 3.12. The highest BCUT2D eigenvalue weighted by Crippen LogP contribution is 2.24. The molecule has 8 nitrogen and oxygen atoms in total. The fraction of sp³-hybridized carbons (Fsp3) is 0.296. The molecule has 0 saturated carbocycles. The van der Waals surface area contributed by atoms with Crippen molar-refractivity contribution in [3.8, 4) is 11.6 Å². The van der Waals surface area contributed by atoms with E-state index in [0.717, 1.165) is 18.7 Å². The Morgan fingerprint density at radius 2 is 1.72 bits per heavy atom. The molecule has 0 radical (unpaired) electrons. The molecule has 2 amide bonds. The third-order valence-electron chi connectivity index (χ3n) is 5.86. The average molecular weight is 509 g/mol. The van der Waals surface area contributed by atoms with E-state index in [9.17, 15) is 9.59 Å². The number of nitrogens with zero attached hydrogens (tertiary/aromatic N) is 3. The molecule has 9 heteroatoms. The SMILES string of the molecule is CN1CCN(C(=O)[C@H](COCc2ccccc2)NC(=O)c2cccnc2Oc2ccc(Cl)cc2)CC1. The maximum absolute atomic E-state index is 13.4. The minimum Gasteiger partial charge on any atom is -0.438 e. The van der Waals surface area contributed by atoms with Crippen LogP contribution in [0.1, 0.15) is 15.9 Å². The van der Waals surface area contributed by atoms with Gasteiger partial charge < -0.3 is 24.6 Å². The van der Waals surface area contributed by atoms with Crippen LogP contribution in [0, 0.1) is 0 Å². The largest absolute Gasteiger partial charge is 0.438 e. The molecule has 0 spiro atoms. The lowest BCUT2D eigenvalue weighted by Crippen LogP contribution is -2.55. The zero-order valence-corrected chi connectivity index (χ0v) is 20.9. The van der Waals surface area contributed by atoms with Gasteiger partial charge >= 0.3 is 0 Å². The number of carbonyl (C=O) groups is 2. The molecule has 0 bridgehead atoms. The van der Waals surface area contributed by atoms with Crippen molar-refractivity contribution in [3.05, 3.63) is 89.1 Å². The molecule has 2 heterocycles. The molecule has 0 unspecified atom stereocenters. The van der Waals surface area contributed by atoms with Gasteiger partial charge in [0.15, 0.2) is 0 Å². The van der Waals surface area contributed by atoms with Crippen LogP contribution in [0.15, 0.2) is 72.9 Å². The molecule has 1 atom stereocenters. The average Bonchev–Trinajstić information content (AvgIpc) is 2.90. The molecule has 3 aromatic rings. The van der Waals surface area contributed by atoms with Gasteiger partial charge in [-0.15, -0.1) is 0 Å². The summed E-state index contributed by atoms with van der Waals surface area (Å²) in [6.07, 6.45) is 1.54. The summed E-state index contributed by atoms with van der Waals surface area (Å²) in [7, 11) is 2.02. The smallest absolute Gasteiger partial charge is 0.257 e. The van der Waals surface area contributed by atoms with Gasteiger partial charge in [-0.05, 0) is 49.0 Å². The predicted molar refractivity (Wildman–Crippen MR) is 137 cm³/mol. The molecule has 188 valence electrons. The highest BCUT2D eigenvalue weighted by atomic mass is 35.5. The normalized spacial score (nSPS) is 14.8. The number of hydrogen-bond donors (Lipinski definition) is 1. The Balaban J connectivity index is 1.48. The van der Waals surface area contributed by atoms with Gasteiger partial charge in [-0.25, -0.2) is 4.98 Å². The lowest BCUT2D eigenvalue weighted by atomic mass is 10.2. The van der Waals surface area contributed by atoms with E-state index < -0.39 is 11.9 Å². The molecule has 1 fully saturated rings. The fourth-order valence-corrected chi connectivity index (χ4v) is 3.91. The fourth-order valence-electron chi connectivity index (χ4n) is 3.79. The van der Waals surface area contributed by atoms with Crippen LogP contribution >= 0.6 is 11.6 Å². The first-order chi connectivity index (χ1) is 17.5. The Hall–Kier alpha value is -3.46. The number of likely N-dealkylation sites (N-methyl/N-ethyl adjacent to an activating group) is 1. The van der Waals surface area contributed by atoms with E-state index in [2.05, 4.69) is 15.2 Å². The van der Waals surface area contributed by atoms with E-state index in [0.29, 0.717) is 30.5 Å². The maximum atomic E-state index is 13.4. The van der Waals surface area contributed by atoms with E-state index in [1.165, 1.54) is 6.20 Å². The van der Waals surface area contributed by atoms with Crippen molar-refractivity contribution in [3.63, 3.8) is 0 Å². The van der Waals surface area contributed by atoms with E-state index in [-0.39, 0.29) is 24.0 Å². The van der Waals surface area contributed by atoms with Crippen LogP contribution in [0.4, 0.5) is 0 Å². The first-order valence-corrected chi connectivity index (χ1v) is 12.2. The minimum atomic E-state index is -0.854. The topological polar surface area (TPSA) is 84.0 Å². The molecular formula is C27H29ClN4O4. The number of piperazine rings is 1. The third kappa shape index (κ3) is 7.04. The molecule has 1 N–H and O–H groups in total. The highest BCUT2D eigenvalue weighted by Gasteiger charge is 2.29. The van der Waals surface area contributed by atoms with Crippen molar-refractivity contribution < 1.29 is 19.1 Å². The van der Waals surface area contributed by atoms with Gasteiger partial charge in [-0.2, -0.15) is 0 Å². The van der Waals surface area contributed by atoms with Crippen LogP contribution in [-0.2, 0) is 16.1 Å². The summed E-state index contributed by atoms with van der Waals surface area (Å²) >= 11 is 5.95. The Bertz CT molecular complexity index is 1150. The number of benzene rings is 2.